The van der Waals surface area contributed by atoms with E-state index in [1.807, 2.05) is 0 Å². The maximum atomic E-state index is 10.6. The molecule has 4 N–H and O–H groups in total. The molecule has 0 aromatic carbocycles. The summed E-state index contributed by atoms with van der Waals surface area (Å²) in [4.78, 5) is 14.5. The Morgan fingerprint density at radius 1 is 1.69 bits per heavy atom. The molecule has 16 heavy (non-hydrogen) atoms. The van der Waals surface area contributed by atoms with E-state index in [4.69, 9.17) is 10.8 Å². The molecule has 0 spiro atoms. The van der Waals surface area contributed by atoms with Gasteiger partial charge in [0.05, 0.1) is 13.2 Å². The Kier molecular flexibility index (Phi) is 4.30. The van der Waals surface area contributed by atoms with Gasteiger partial charge in [-0.3, -0.25) is 4.79 Å². The summed E-state index contributed by atoms with van der Waals surface area (Å²) >= 11 is 0. The van der Waals surface area contributed by atoms with Crippen molar-refractivity contribution in [1.29, 1.82) is 0 Å². The van der Waals surface area contributed by atoms with Crippen LogP contribution in [0.15, 0.2) is 12.3 Å². The fourth-order valence-corrected chi connectivity index (χ4v) is 1.03. The van der Waals surface area contributed by atoms with Gasteiger partial charge in [-0.25, -0.2) is 4.98 Å². The molecule has 5 nitrogen and oxygen atoms in total. The van der Waals surface area contributed by atoms with Crippen LogP contribution in [-0.2, 0) is 11.4 Å². The normalized spacial score (nSPS) is 9.12. The van der Waals surface area contributed by atoms with E-state index in [-0.39, 0.29) is 19.1 Å². The van der Waals surface area contributed by atoms with Gasteiger partial charge in [0.1, 0.15) is 5.82 Å². The number of carbonyl (C=O) groups is 1. The predicted molar refractivity (Wildman–Crippen MR) is 60.1 cm³/mol. The van der Waals surface area contributed by atoms with Crippen LogP contribution in [0.4, 0.5) is 5.82 Å². The largest absolute Gasteiger partial charge is 0.392 e. The maximum absolute atomic E-state index is 10.6. The molecule has 0 radical (unpaired) electrons. The average Bonchev–Trinajstić information content (AvgIpc) is 2.26. The SMILES string of the molecule is CC(=O)NCC#Cc1cnc(N)c(CO)c1. The topological polar surface area (TPSA) is 88.2 Å². The summed E-state index contributed by atoms with van der Waals surface area (Å²) < 4.78 is 0. The maximum Gasteiger partial charge on any atom is 0.217 e. The van der Waals surface area contributed by atoms with Gasteiger partial charge in [0.2, 0.25) is 5.91 Å². The molecule has 0 unspecified atom stereocenters. The number of nitrogens with two attached hydrogens (primary N) is 1. The van der Waals surface area contributed by atoms with Crippen molar-refractivity contribution in [2.75, 3.05) is 12.3 Å². The molecular weight excluding hydrogens is 206 g/mol. The second-order valence-electron chi connectivity index (χ2n) is 3.14. The number of hydrogen-bond donors (Lipinski definition) is 3. The molecule has 0 atom stereocenters. The zero-order chi connectivity index (χ0) is 12.0. The fraction of sp³-hybridized carbons (Fsp3) is 0.273. The van der Waals surface area contributed by atoms with E-state index in [1.54, 1.807) is 6.07 Å². The summed E-state index contributed by atoms with van der Waals surface area (Å²) in [6.07, 6.45) is 1.52. The molecule has 0 saturated heterocycles. The van der Waals surface area contributed by atoms with Crippen molar-refractivity contribution < 1.29 is 9.90 Å². The standard InChI is InChI=1S/C11H13N3O2/c1-8(16)13-4-2-3-9-5-10(7-15)11(12)14-6-9/h5-6,15H,4,7H2,1H3,(H2,12,14)(H,13,16). The van der Waals surface area contributed by atoms with Crippen LogP contribution < -0.4 is 11.1 Å². The quantitative estimate of drug-likeness (QED) is 0.593. The van der Waals surface area contributed by atoms with E-state index in [2.05, 4.69) is 22.1 Å². The molecule has 0 fully saturated rings. The van der Waals surface area contributed by atoms with Gasteiger partial charge in [-0.05, 0) is 6.07 Å². The third-order valence-electron chi connectivity index (χ3n) is 1.83. The van der Waals surface area contributed by atoms with Crippen LogP contribution in [0.3, 0.4) is 0 Å². The van der Waals surface area contributed by atoms with Crippen LogP contribution in [0.25, 0.3) is 0 Å². The van der Waals surface area contributed by atoms with E-state index >= 15 is 0 Å². The van der Waals surface area contributed by atoms with Gasteiger partial charge in [-0.2, -0.15) is 0 Å². The second-order valence-corrected chi connectivity index (χ2v) is 3.14. The van der Waals surface area contributed by atoms with Gasteiger partial charge in [0.25, 0.3) is 0 Å². The van der Waals surface area contributed by atoms with Crippen LogP contribution >= 0.6 is 0 Å². The lowest BCUT2D eigenvalue weighted by atomic mass is 10.2. The molecule has 1 aromatic rings. The molecule has 84 valence electrons. The zero-order valence-electron chi connectivity index (χ0n) is 8.95. The Bertz CT molecular complexity index is 446. The summed E-state index contributed by atoms with van der Waals surface area (Å²) in [5, 5.41) is 11.5. The van der Waals surface area contributed by atoms with E-state index in [9.17, 15) is 4.79 Å². The minimum Gasteiger partial charge on any atom is -0.392 e. The zero-order valence-corrected chi connectivity index (χ0v) is 8.95. The average molecular weight is 219 g/mol. The van der Waals surface area contributed by atoms with E-state index in [0.717, 1.165) is 0 Å². The molecule has 5 heteroatoms. The molecule has 1 rings (SSSR count). The summed E-state index contributed by atoms with van der Waals surface area (Å²) in [7, 11) is 0. The van der Waals surface area contributed by atoms with Gasteiger partial charge < -0.3 is 16.2 Å². The first-order valence-corrected chi connectivity index (χ1v) is 4.72. The lowest BCUT2D eigenvalue weighted by molar-refractivity contribution is -0.118. The van der Waals surface area contributed by atoms with Gasteiger partial charge in [-0.15, -0.1) is 0 Å². The smallest absolute Gasteiger partial charge is 0.217 e. The first-order chi connectivity index (χ1) is 7.63. The first kappa shape index (κ1) is 12.0. The lowest BCUT2D eigenvalue weighted by Gasteiger charge is -2.00. The Morgan fingerprint density at radius 2 is 2.44 bits per heavy atom. The molecule has 0 bridgehead atoms. The van der Waals surface area contributed by atoms with Crippen molar-refractivity contribution in [1.82, 2.24) is 10.3 Å². The minimum atomic E-state index is -0.167. The number of amides is 1. The van der Waals surface area contributed by atoms with E-state index < -0.39 is 0 Å². The number of aliphatic hydroxyl groups is 1. The Labute approximate surface area is 93.7 Å². The number of anilines is 1. The number of aliphatic hydroxyl groups excluding tert-OH is 1. The molecule has 1 aromatic heterocycles. The molecule has 0 aliphatic rings. The third kappa shape index (κ3) is 3.59. The van der Waals surface area contributed by atoms with Gasteiger partial charge in [-0.1, -0.05) is 11.8 Å². The van der Waals surface area contributed by atoms with Crippen molar-refractivity contribution in [2.45, 2.75) is 13.5 Å². The molecule has 1 heterocycles. The summed E-state index contributed by atoms with van der Waals surface area (Å²) in [6.45, 7) is 1.55. The van der Waals surface area contributed by atoms with Crippen molar-refractivity contribution in [3.63, 3.8) is 0 Å². The number of pyridine rings is 1. The van der Waals surface area contributed by atoms with Crippen LogP contribution in [0, 0.1) is 11.8 Å². The Balaban J connectivity index is 2.70. The van der Waals surface area contributed by atoms with Crippen LogP contribution in [0.2, 0.25) is 0 Å². The highest BCUT2D eigenvalue weighted by molar-refractivity contribution is 5.73. The van der Waals surface area contributed by atoms with Crippen molar-refractivity contribution >= 4 is 11.7 Å². The lowest BCUT2D eigenvalue weighted by Crippen LogP contribution is -2.19. The first-order valence-electron chi connectivity index (χ1n) is 4.72. The van der Waals surface area contributed by atoms with Crippen molar-refractivity contribution in [3.8, 4) is 11.8 Å². The Hall–Kier alpha value is -2.06. The van der Waals surface area contributed by atoms with Gasteiger partial charge in [0.15, 0.2) is 0 Å². The molecular formula is C11H13N3O2. The highest BCUT2D eigenvalue weighted by Crippen LogP contribution is 2.09. The fourth-order valence-electron chi connectivity index (χ4n) is 1.03. The van der Waals surface area contributed by atoms with Crippen LogP contribution in [0.5, 0.6) is 0 Å². The number of rotatable bonds is 2. The number of carbonyl (C=O) groups excluding carboxylic acids is 1. The number of nitrogen functional groups attached to an aromatic ring is 1. The van der Waals surface area contributed by atoms with Gasteiger partial charge >= 0.3 is 0 Å². The highest BCUT2D eigenvalue weighted by Gasteiger charge is 1.99. The van der Waals surface area contributed by atoms with Crippen LogP contribution in [0.1, 0.15) is 18.1 Å². The van der Waals surface area contributed by atoms with Crippen LogP contribution in [-0.4, -0.2) is 22.5 Å². The summed E-state index contributed by atoms with van der Waals surface area (Å²) in [5.41, 5.74) is 6.72. The monoisotopic (exact) mass is 219 g/mol. The molecule has 0 aliphatic carbocycles. The Morgan fingerprint density at radius 3 is 3.06 bits per heavy atom. The van der Waals surface area contributed by atoms with Crippen molar-refractivity contribution in [2.24, 2.45) is 0 Å². The number of nitrogens with zero attached hydrogens (tertiary/aromatic N) is 1. The van der Waals surface area contributed by atoms with E-state index in [0.29, 0.717) is 16.9 Å². The van der Waals surface area contributed by atoms with Crippen molar-refractivity contribution in [3.05, 3.63) is 23.4 Å². The number of nitrogens with one attached hydrogen (secondary N) is 1. The predicted octanol–water partition coefficient (Wildman–Crippen LogP) is -0.356. The van der Waals surface area contributed by atoms with E-state index in [1.165, 1.54) is 13.1 Å². The molecule has 1 amide bonds. The molecule has 0 saturated carbocycles. The third-order valence-corrected chi connectivity index (χ3v) is 1.83. The highest BCUT2D eigenvalue weighted by atomic mass is 16.3. The number of hydrogen-bond acceptors (Lipinski definition) is 4. The second kappa shape index (κ2) is 5.73. The van der Waals surface area contributed by atoms with Gasteiger partial charge in [0, 0.05) is 24.2 Å². The molecule has 0 aliphatic heterocycles. The summed E-state index contributed by atoms with van der Waals surface area (Å²) in [6, 6.07) is 1.67. The summed E-state index contributed by atoms with van der Waals surface area (Å²) in [5.74, 6) is 5.74. The minimum absolute atomic E-state index is 0.124. The number of aromatic nitrogens is 1.